The standard InChI is InChI=1S/C3H2N2.CH2O/c4-2-1-3-5;1-2/h1H2;1H2. The van der Waals surface area contributed by atoms with Crippen molar-refractivity contribution in [3.05, 3.63) is 0 Å². The van der Waals surface area contributed by atoms with Gasteiger partial charge in [-0.25, -0.2) is 0 Å². The molecule has 0 atom stereocenters. The molecule has 0 saturated heterocycles. The Balaban J connectivity index is 0. The van der Waals surface area contributed by atoms with Gasteiger partial charge in [0.1, 0.15) is 13.2 Å². The molecule has 0 rings (SSSR count). The fraction of sp³-hybridized carbons (Fsp3) is 0.250. The smallest absolute Gasteiger partial charge is 0.122 e. The van der Waals surface area contributed by atoms with E-state index in [1.807, 2.05) is 6.79 Å². The van der Waals surface area contributed by atoms with E-state index in [0.717, 1.165) is 0 Å². The Labute approximate surface area is 41.8 Å². The zero-order valence-corrected chi connectivity index (χ0v) is 3.72. The zero-order chi connectivity index (χ0) is 6.12. The van der Waals surface area contributed by atoms with E-state index in [2.05, 4.69) is 0 Å². The van der Waals surface area contributed by atoms with Crippen molar-refractivity contribution in [3.63, 3.8) is 0 Å². The molecule has 3 heteroatoms. The van der Waals surface area contributed by atoms with E-state index in [1.54, 1.807) is 12.1 Å². The minimum absolute atomic E-state index is 0. The van der Waals surface area contributed by atoms with Gasteiger partial charge in [0.25, 0.3) is 0 Å². The normalized spacial score (nSPS) is 3.71. The Morgan fingerprint density at radius 3 is 1.57 bits per heavy atom. The van der Waals surface area contributed by atoms with E-state index in [-0.39, 0.29) is 6.42 Å². The summed E-state index contributed by atoms with van der Waals surface area (Å²) in [6, 6.07) is 3.31. The van der Waals surface area contributed by atoms with Gasteiger partial charge in [0.05, 0.1) is 12.1 Å². The summed E-state index contributed by atoms with van der Waals surface area (Å²) in [7, 11) is 0. The lowest BCUT2D eigenvalue weighted by molar-refractivity contribution is -0.0979. The summed E-state index contributed by atoms with van der Waals surface area (Å²) in [5.41, 5.74) is 0. The van der Waals surface area contributed by atoms with Crippen LogP contribution in [-0.4, -0.2) is 6.79 Å². The molecule has 0 saturated carbocycles. The summed E-state index contributed by atoms with van der Waals surface area (Å²) in [6.07, 6.45) is 0. The maximum Gasteiger partial charge on any atom is 0.122 e. The van der Waals surface area contributed by atoms with Crippen molar-refractivity contribution in [1.82, 2.24) is 0 Å². The molecule has 0 aliphatic heterocycles. The minimum Gasteiger partial charge on any atom is -0.307 e. The summed E-state index contributed by atoms with van der Waals surface area (Å²) >= 11 is 0. The third-order valence-electron chi connectivity index (χ3n) is 0.158. The first-order chi connectivity index (χ1) is 3.41. The lowest BCUT2D eigenvalue weighted by Crippen LogP contribution is -1.47. The first-order valence-corrected chi connectivity index (χ1v) is 1.44. The van der Waals surface area contributed by atoms with Crippen LogP contribution < -0.4 is 0 Å². The Bertz CT molecular complexity index is 85.2. The molecule has 0 aromatic heterocycles. The maximum absolute atomic E-state index is 8.00. The molecule has 0 N–H and O–H groups in total. The Kier molecular flexibility index (Phi) is 29.8. The van der Waals surface area contributed by atoms with Crippen molar-refractivity contribution >= 4 is 6.79 Å². The van der Waals surface area contributed by atoms with Crippen LogP contribution in [0.25, 0.3) is 0 Å². The molecule has 0 amide bonds. The molecule has 0 bridgehead atoms. The highest BCUT2D eigenvalue weighted by Crippen LogP contribution is 1.59. The second-order valence-corrected chi connectivity index (χ2v) is 0.493. The van der Waals surface area contributed by atoms with Crippen molar-refractivity contribution in [2.45, 2.75) is 6.42 Å². The predicted molar refractivity (Wildman–Crippen MR) is 23.0 cm³/mol. The van der Waals surface area contributed by atoms with Gasteiger partial charge in [-0.05, 0) is 0 Å². The fourth-order valence-corrected chi connectivity index (χ4v) is 0.0354. The van der Waals surface area contributed by atoms with Crippen LogP contribution in [0.2, 0.25) is 0 Å². The van der Waals surface area contributed by atoms with Gasteiger partial charge in [0.15, 0.2) is 0 Å². The van der Waals surface area contributed by atoms with Crippen LogP contribution in [0.5, 0.6) is 0 Å². The van der Waals surface area contributed by atoms with Gasteiger partial charge in [-0.1, -0.05) is 0 Å². The zero-order valence-electron chi connectivity index (χ0n) is 3.72. The second-order valence-electron chi connectivity index (χ2n) is 0.493. The first-order valence-electron chi connectivity index (χ1n) is 1.44. The molecule has 0 heterocycles. The first kappa shape index (κ1) is 9.17. The summed E-state index contributed by atoms with van der Waals surface area (Å²) in [4.78, 5) is 8.00. The minimum atomic E-state index is 0. The molecule has 0 aliphatic carbocycles. The highest BCUT2D eigenvalue weighted by atomic mass is 16.1. The van der Waals surface area contributed by atoms with Gasteiger partial charge in [-0.3, -0.25) is 0 Å². The molecule has 0 fully saturated rings. The van der Waals surface area contributed by atoms with Gasteiger partial charge < -0.3 is 4.79 Å². The lowest BCUT2D eigenvalue weighted by atomic mass is 10.5. The fourth-order valence-electron chi connectivity index (χ4n) is 0.0354. The molecule has 0 aliphatic rings. The molecule has 0 spiro atoms. The van der Waals surface area contributed by atoms with Crippen LogP contribution in [-0.2, 0) is 4.79 Å². The van der Waals surface area contributed by atoms with Crippen molar-refractivity contribution in [1.29, 1.82) is 10.5 Å². The SMILES string of the molecule is C=O.N#CCC#N. The van der Waals surface area contributed by atoms with Crippen molar-refractivity contribution < 1.29 is 4.79 Å². The number of nitriles is 2. The number of carbonyl (C=O) groups excluding carboxylic acids is 1. The Morgan fingerprint density at radius 1 is 1.29 bits per heavy atom. The van der Waals surface area contributed by atoms with Gasteiger partial charge in [-0.15, -0.1) is 0 Å². The number of nitrogens with zero attached hydrogens (tertiary/aromatic N) is 2. The third-order valence-corrected chi connectivity index (χ3v) is 0.158. The molecule has 36 valence electrons. The number of hydrogen-bond acceptors (Lipinski definition) is 3. The van der Waals surface area contributed by atoms with Gasteiger partial charge in [0, 0.05) is 0 Å². The van der Waals surface area contributed by atoms with Crippen molar-refractivity contribution in [3.8, 4) is 12.1 Å². The summed E-state index contributed by atoms with van der Waals surface area (Å²) < 4.78 is 0. The number of carbonyl (C=O) groups is 1. The highest BCUT2D eigenvalue weighted by Gasteiger charge is 1.61. The van der Waals surface area contributed by atoms with Crippen molar-refractivity contribution in [2.24, 2.45) is 0 Å². The molecular formula is C4H4N2O. The van der Waals surface area contributed by atoms with Crippen LogP contribution in [0.3, 0.4) is 0 Å². The van der Waals surface area contributed by atoms with Crippen LogP contribution in [0.1, 0.15) is 6.42 Å². The topological polar surface area (TPSA) is 64.7 Å². The Hall–Kier alpha value is -1.35. The quantitative estimate of drug-likeness (QED) is 0.433. The van der Waals surface area contributed by atoms with E-state index in [0.29, 0.717) is 0 Å². The number of hydrogen-bond donors (Lipinski definition) is 0. The molecule has 0 aromatic rings. The van der Waals surface area contributed by atoms with Crippen LogP contribution in [0, 0.1) is 22.7 Å². The van der Waals surface area contributed by atoms with Crippen LogP contribution >= 0.6 is 0 Å². The summed E-state index contributed by atoms with van der Waals surface area (Å²) in [5, 5.41) is 15.2. The van der Waals surface area contributed by atoms with E-state index < -0.39 is 0 Å². The van der Waals surface area contributed by atoms with Gasteiger partial charge in [0.2, 0.25) is 0 Å². The van der Waals surface area contributed by atoms with Crippen molar-refractivity contribution in [2.75, 3.05) is 0 Å². The molecule has 0 unspecified atom stereocenters. The largest absolute Gasteiger partial charge is 0.307 e. The van der Waals surface area contributed by atoms with Crippen LogP contribution in [0.15, 0.2) is 0 Å². The average molecular weight is 96.1 g/mol. The predicted octanol–water partition coefficient (Wildman–Crippen LogP) is 0.239. The van der Waals surface area contributed by atoms with Gasteiger partial charge in [-0.2, -0.15) is 10.5 Å². The van der Waals surface area contributed by atoms with E-state index in [9.17, 15) is 0 Å². The van der Waals surface area contributed by atoms with E-state index in [4.69, 9.17) is 15.3 Å². The summed E-state index contributed by atoms with van der Waals surface area (Å²) in [6.45, 7) is 2.00. The van der Waals surface area contributed by atoms with E-state index in [1.165, 1.54) is 0 Å². The Morgan fingerprint density at radius 2 is 1.57 bits per heavy atom. The van der Waals surface area contributed by atoms with E-state index >= 15 is 0 Å². The highest BCUT2D eigenvalue weighted by molar-refractivity contribution is 5.10. The summed E-state index contributed by atoms with van der Waals surface area (Å²) in [5.74, 6) is 0. The molecule has 0 radical (unpaired) electrons. The second kappa shape index (κ2) is 22.8. The monoisotopic (exact) mass is 96.0 g/mol. The lowest BCUT2D eigenvalue weighted by Gasteiger charge is -1.45. The molecule has 0 aromatic carbocycles. The number of rotatable bonds is 0. The average Bonchev–Trinajstić information content (AvgIpc) is 1.75. The third kappa shape index (κ3) is 77.3. The van der Waals surface area contributed by atoms with Crippen LogP contribution in [0.4, 0.5) is 0 Å². The van der Waals surface area contributed by atoms with Gasteiger partial charge >= 0.3 is 0 Å². The molecule has 3 nitrogen and oxygen atoms in total. The maximum atomic E-state index is 8.00. The molecule has 7 heavy (non-hydrogen) atoms. The molecular weight excluding hydrogens is 92.1 g/mol.